The van der Waals surface area contributed by atoms with Gasteiger partial charge in [0.05, 0.1) is 0 Å². The number of aliphatic carboxylic acids is 1. The quantitative estimate of drug-likeness (QED) is 0.689. The normalized spacial score (nSPS) is 19.3. The Kier molecular flexibility index (Phi) is 5.69. The van der Waals surface area contributed by atoms with Crippen molar-refractivity contribution >= 4 is 5.97 Å². The van der Waals surface area contributed by atoms with E-state index in [1.165, 1.54) is 38.9 Å². The molecule has 0 aliphatic carbocycles. The number of carbonyl (C=O) groups is 1. The Balaban J connectivity index is 2.01. The molecule has 3 nitrogen and oxygen atoms in total. The molecule has 1 aliphatic heterocycles. The van der Waals surface area contributed by atoms with Gasteiger partial charge in [-0.05, 0) is 44.8 Å². The maximum absolute atomic E-state index is 10.3. The van der Waals surface area contributed by atoms with Gasteiger partial charge in [-0.15, -0.1) is 0 Å². The standard InChI is InChI=1S/C12H23NO2/c1-2-13-9-7-11(8-10-13)5-3-4-6-12(14)15/h11H,2-10H2,1H3,(H,14,15). The Labute approximate surface area is 92.5 Å². The summed E-state index contributed by atoms with van der Waals surface area (Å²) in [4.78, 5) is 12.8. The summed E-state index contributed by atoms with van der Waals surface area (Å²) in [5, 5.41) is 8.51. The van der Waals surface area contributed by atoms with E-state index in [0.29, 0.717) is 6.42 Å². The minimum absolute atomic E-state index is 0.341. The highest BCUT2D eigenvalue weighted by atomic mass is 16.4. The van der Waals surface area contributed by atoms with Crippen LogP contribution in [0.3, 0.4) is 0 Å². The third-order valence-corrected chi connectivity index (χ3v) is 3.41. The second-order valence-electron chi connectivity index (χ2n) is 4.52. The molecule has 0 amide bonds. The predicted molar refractivity (Wildman–Crippen MR) is 60.9 cm³/mol. The third kappa shape index (κ3) is 5.17. The van der Waals surface area contributed by atoms with E-state index in [4.69, 9.17) is 5.11 Å². The first-order chi connectivity index (χ1) is 7.22. The van der Waals surface area contributed by atoms with Gasteiger partial charge in [0.2, 0.25) is 0 Å². The molecule has 0 aromatic carbocycles. The summed E-state index contributed by atoms with van der Waals surface area (Å²) in [5.41, 5.74) is 0. The lowest BCUT2D eigenvalue weighted by Crippen LogP contribution is -2.33. The molecule has 1 saturated heterocycles. The maximum atomic E-state index is 10.3. The Hall–Kier alpha value is -0.570. The molecule has 0 bridgehead atoms. The average molecular weight is 213 g/mol. The van der Waals surface area contributed by atoms with E-state index in [2.05, 4.69) is 11.8 Å². The largest absolute Gasteiger partial charge is 0.481 e. The lowest BCUT2D eigenvalue weighted by molar-refractivity contribution is -0.137. The van der Waals surface area contributed by atoms with E-state index in [9.17, 15) is 4.79 Å². The zero-order chi connectivity index (χ0) is 11.1. The van der Waals surface area contributed by atoms with Crippen molar-refractivity contribution in [2.75, 3.05) is 19.6 Å². The van der Waals surface area contributed by atoms with Gasteiger partial charge < -0.3 is 10.0 Å². The van der Waals surface area contributed by atoms with Crippen molar-refractivity contribution in [2.24, 2.45) is 5.92 Å². The van der Waals surface area contributed by atoms with Gasteiger partial charge in [-0.3, -0.25) is 4.79 Å². The molecule has 1 fully saturated rings. The number of likely N-dealkylation sites (tertiary alicyclic amines) is 1. The Morgan fingerprint density at radius 1 is 1.33 bits per heavy atom. The number of hydrogen-bond donors (Lipinski definition) is 1. The van der Waals surface area contributed by atoms with Gasteiger partial charge in [0.1, 0.15) is 0 Å². The molecule has 15 heavy (non-hydrogen) atoms. The van der Waals surface area contributed by atoms with Gasteiger partial charge in [-0.1, -0.05) is 19.8 Å². The fourth-order valence-corrected chi connectivity index (χ4v) is 2.30. The predicted octanol–water partition coefficient (Wildman–Crippen LogP) is 2.36. The highest BCUT2D eigenvalue weighted by Crippen LogP contribution is 2.22. The van der Waals surface area contributed by atoms with Crippen LogP contribution in [0.25, 0.3) is 0 Å². The van der Waals surface area contributed by atoms with Crippen molar-refractivity contribution in [3.05, 3.63) is 0 Å². The molecular weight excluding hydrogens is 190 g/mol. The molecule has 0 atom stereocenters. The Morgan fingerprint density at radius 2 is 2.00 bits per heavy atom. The van der Waals surface area contributed by atoms with Crippen LogP contribution >= 0.6 is 0 Å². The van der Waals surface area contributed by atoms with Crippen molar-refractivity contribution in [3.8, 4) is 0 Å². The van der Waals surface area contributed by atoms with Gasteiger partial charge >= 0.3 is 5.97 Å². The molecule has 0 unspecified atom stereocenters. The number of carboxylic acids is 1. The van der Waals surface area contributed by atoms with Crippen LogP contribution in [0.5, 0.6) is 0 Å². The molecule has 1 heterocycles. The molecule has 0 aromatic rings. The van der Waals surface area contributed by atoms with Gasteiger partial charge in [0.25, 0.3) is 0 Å². The van der Waals surface area contributed by atoms with Crippen LogP contribution in [0.2, 0.25) is 0 Å². The third-order valence-electron chi connectivity index (χ3n) is 3.41. The molecule has 0 spiro atoms. The van der Waals surface area contributed by atoms with E-state index in [1.807, 2.05) is 0 Å². The molecule has 0 radical (unpaired) electrons. The monoisotopic (exact) mass is 213 g/mol. The molecule has 1 rings (SSSR count). The second kappa shape index (κ2) is 6.83. The van der Waals surface area contributed by atoms with Crippen molar-refractivity contribution in [3.63, 3.8) is 0 Å². The number of piperidine rings is 1. The lowest BCUT2D eigenvalue weighted by Gasteiger charge is -2.30. The van der Waals surface area contributed by atoms with E-state index < -0.39 is 5.97 Å². The lowest BCUT2D eigenvalue weighted by atomic mass is 9.91. The first kappa shape index (κ1) is 12.5. The van der Waals surface area contributed by atoms with E-state index in [1.54, 1.807) is 0 Å². The second-order valence-corrected chi connectivity index (χ2v) is 4.52. The van der Waals surface area contributed by atoms with E-state index in [-0.39, 0.29) is 0 Å². The average Bonchev–Trinajstić information content (AvgIpc) is 2.25. The Morgan fingerprint density at radius 3 is 2.53 bits per heavy atom. The highest BCUT2D eigenvalue weighted by Gasteiger charge is 2.17. The van der Waals surface area contributed by atoms with Crippen molar-refractivity contribution < 1.29 is 9.90 Å². The minimum atomic E-state index is -0.657. The maximum Gasteiger partial charge on any atom is 0.303 e. The molecule has 88 valence electrons. The van der Waals surface area contributed by atoms with Gasteiger partial charge in [0.15, 0.2) is 0 Å². The molecule has 1 aliphatic rings. The molecule has 3 heteroatoms. The smallest absolute Gasteiger partial charge is 0.303 e. The van der Waals surface area contributed by atoms with Crippen LogP contribution in [0.1, 0.15) is 45.4 Å². The highest BCUT2D eigenvalue weighted by molar-refractivity contribution is 5.66. The van der Waals surface area contributed by atoms with E-state index >= 15 is 0 Å². The molecular formula is C12H23NO2. The zero-order valence-electron chi connectivity index (χ0n) is 9.74. The molecule has 1 N–H and O–H groups in total. The Bertz CT molecular complexity index is 186. The summed E-state index contributed by atoms with van der Waals surface area (Å²) in [6, 6.07) is 0. The van der Waals surface area contributed by atoms with Crippen molar-refractivity contribution in [2.45, 2.75) is 45.4 Å². The van der Waals surface area contributed by atoms with Crippen molar-refractivity contribution in [1.29, 1.82) is 0 Å². The van der Waals surface area contributed by atoms with Crippen LogP contribution in [0.15, 0.2) is 0 Å². The van der Waals surface area contributed by atoms with Crippen molar-refractivity contribution in [1.82, 2.24) is 4.90 Å². The zero-order valence-corrected chi connectivity index (χ0v) is 9.74. The van der Waals surface area contributed by atoms with Gasteiger partial charge in [0, 0.05) is 6.42 Å². The van der Waals surface area contributed by atoms with Crippen LogP contribution in [0.4, 0.5) is 0 Å². The molecule has 0 saturated carbocycles. The topological polar surface area (TPSA) is 40.5 Å². The van der Waals surface area contributed by atoms with Crippen LogP contribution < -0.4 is 0 Å². The number of carboxylic acid groups (broad SMARTS) is 1. The number of nitrogens with zero attached hydrogens (tertiary/aromatic N) is 1. The van der Waals surface area contributed by atoms with Crippen LogP contribution in [0, 0.1) is 5.92 Å². The fourth-order valence-electron chi connectivity index (χ4n) is 2.30. The van der Waals surface area contributed by atoms with Gasteiger partial charge in [-0.2, -0.15) is 0 Å². The van der Waals surface area contributed by atoms with Crippen LogP contribution in [-0.2, 0) is 4.79 Å². The first-order valence-corrected chi connectivity index (χ1v) is 6.16. The fraction of sp³-hybridized carbons (Fsp3) is 0.917. The summed E-state index contributed by atoms with van der Waals surface area (Å²) in [6.07, 6.45) is 6.12. The molecule has 0 aromatic heterocycles. The van der Waals surface area contributed by atoms with Gasteiger partial charge in [-0.25, -0.2) is 0 Å². The number of rotatable bonds is 6. The summed E-state index contributed by atoms with van der Waals surface area (Å²) in [6.45, 7) is 5.86. The summed E-state index contributed by atoms with van der Waals surface area (Å²) in [7, 11) is 0. The SMILES string of the molecule is CCN1CCC(CCCCC(=O)O)CC1. The summed E-state index contributed by atoms with van der Waals surface area (Å²) >= 11 is 0. The number of unbranched alkanes of at least 4 members (excludes halogenated alkanes) is 1. The number of hydrogen-bond acceptors (Lipinski definition) is 2. The first-order valence-electron chi connectivity index (χ1n) is 6.16. The summed E-state index contributed by atoms with van der Waals surface area (Å²) < 4.78 is 0. The summed E-state index contributed by atoms with van der Waals surface area (Å²) in [5.74, 6) is 0.192. The van der Waals surface area contributed by atoms with E-state index in [0.717, 1.165) is 18.8 Å². The minimum Gasteiger partial charge on any atom is -0.481 e. The van der Waals surface area contributed by atoms with Crippen LogP contribution in [-0.4, -0.2) is 35.6 Å².